The number of fused-ring (bicyclic) bond motifs is 1. The van der Waals surface area contributed by atoms with E-state index in [2.05, 4.69) is 15.8 Å². The Bertz CT molecular complexity index is 1070. The molecule has 134 valence electrons. The first kappa shape index (κ1) is 17.7. The van der Waals surface area contributed by atoms with Crippen molar-refractivity contribution in [3.05, 3.63) is 71.4 Å². The number of rotatable bonds is 4. The van der Waals surface area contributed by atoms with Gasteiger partial charge in [0.25, 0.3) is 11.8 Å². The van der Waals surface area contributed by atoms with E-state index in [4.69, 9.17) is 0 Å². The highest BCUT2D eigenvalue weighted by Crippen LogP contribution is 2.17. The average Bonchev–Trinajstić information content (AvgIpc) is 3.03. The first-order valence-corrected chi connectivity index (χ1v) is 9.83. The first-order chi connectivity index (χ1) is 12.3. The van der Waals surface area contributed by atoms with Gasteiger partial charge in [-0.1, -0.05) is 30.3 Å². The van der Waals surface area contributed by atoms with Gasteiger partial charge in [0.05, 0.1) is 11.3 Å². The fraction of sp³-hybridized carbons (Fsp3) is 0.111. The molecule has 8 heteroatoms. The van der Waals surface area contributed by atoms with Gasteiger partial charge in [0.2, 0.25) is 0 Å². The molecule has 0 aliphatic rings. The van der Waals surface area contributed by atoms with Crippen LogP contribution in [-0.2, 0) is 15.6 Å². The minimum absolute atomic E-state index is 0.0911. The van der Waals surface area contributed by atoms with Gasteiger partial charge in [-0.25, -0.2) is 8.42 Å². The second-order valence-corrected chi connectivity index (χ2v) is 8.06. The Morgan fingerprint density at radius 2 is 1.62 bits per heavy atom. The number of hydrazine groups is 1. The molecule has 0 unspecified atom stereocenters. The van der Waals surface area contributed by atoms with Crippen molar-refractivity contribution in [1.82, 2.24) is 15.8 Å². The van der Waals surface area contributed by atoms with E-state index in [1.807, 2.05) is 24.3 Å². The highest BCUT2D eigenvalue weighted by atomic mass is 32.2. The molecule has 0 aliphatic carbocycles. The molecule has 2 aromatic carbocycles. The van der Waals surface area contributed by atoms with Gasteiger partial charge in [0, 0.05) is 28.9 Å². The van der Waals surface area contributed by atoms with Crippen LogP contribution < -0.4 is 10.9 Å². The van der Waals surface area contributed by atoms with Crippen LogP contribution in [0.3, 0.4) is 0 Å². The van der Waals surface area contributed by atoms with Crippen LogP contribution in [0.25, 0.3) is 10.9 Å². The largest absolute Gasteiger partial charge is 0.360 e. The van der Waals surface area contributed by atoms with Crippen molar-refractivity contribution in [2.45, 2.75) is 5.75 Å². The summed E-state index contributed by atoms with van der Waals surface area (Å²) >= 11 is 0. The number of H-pyrrole nitrogens is 1. The van der Waals surface area contributed by atoms with E-state index in [0.29, 0.717) is 16.7 Å². The van der Waals surface area contributed by atoms with E-state index in [0.717, 1.165) is 17.2 Å². The summed E-state index contributed by atoms with van der Waals surface area (Å²) in [6.07, 6.45) is 2.72. The number of nitrogens with one attached hydrogen (secondary N) is 3. The monoisotopic (exact) mass is 371 g/mol. The minimum Gasteiger partial charge on any atom is -0.360 e. The van der Waals surface area contributed by atoms with E-state index in [1.54, 1.807) is 18.3 Å². The van der Waals surface area contributed by atoms with Crippen LogP contribution in [0.5, 0.6) is 0 Å². The van der Waals surface area contributed by atoms with Crippen molar-refractivity contribution >= 4 is 32.6 Å². The summed E-state index contributed by atoms with van der Waals surface area (Å²) in [6, 6.07) is 13.5. The summed E-state index contributed by atoms with van der Waals surface area (Å²) in [7, 11) is -3.14. The van der Waals surface area contributed by atoms with Crippen LogP contribution in [0.4, 0.5) is 0 Å². The molecule has 0 saturated carbocycles. The van der Waals surface area contributed by atoms with Crippen molar-refractivity contribution in [2.75, 3.05) is 6.26 Å². The minimum atomic E-state index is -3.14. The summed E-state index contributed by atoms with van der Waals surface area (Å²) in [5.41, 5.74) is 6.86. The second kappa shape index (κ2) is 7.01. The lowest BCUT2D eigenvalue weighted by Gasteiger charge is -2.07. The number of amides is 2. The Labute approximate surface area is 150 Å². The third-order valence-electron chi connectivity index (χ3n) is 3.77. The molecule has 3 N–H and O–H groups in total. The summed E-state index contributed by atoms with van der Waals surface area (Å²) in [4.78, 5) is 27.4. The quantitative estimate of drug-likeness (QED) is 0.608. The molecule has 3 rings (SSSR count). The lowest BCUT2D eigenvalue weighted by molar-refractivity contribution is 0.0847. The zero-order valence-corrected chi connectivity index (χ0v) is 14.8. The lowest BCUT2D eigenvalue weighted by Crippen LogP contribution is -2.41. The Hall–Kier alpha value is -3.13. The van der Waals surface area contributed by atoms with Crippen molar-refractivity contribution < 1.29 is 18.0 Å². The number of carbonyl (C=O) groups excluding carboxylic acids is 2. The zero-order chi connectivity index (χ0) is 18.7. The molecule has 7 nitrogen and oxygen atoms in total. The molecule has 2 amide bonds. The van der Waals surface area contributed by atoms with Crippen molar-refractivity contribution in [1.29, 1.82) is 0 Å². The van der Waals surface area contributed by atoms with E-state index in [-0.39, 0.29) is 5.75 Å². The van der Waals surface area contributed by atoms with Gasteiger partial charge in [-0.3, -0.25) is 20.4 Å². The van der Waals surface area contributed by atoms with E-state index >= 15 is 0 Å². The number of sulfone groups is 1. The predicted molar refractivity (Wildman–Crippen MR) is 98.2 cm³/mol. The predicted octanol–water partition coefficient (Wildman–Crippen LogP) is 1.79. The Morgan fingerprint density at radius 1 is 0.962 bits per heavy atom. The Balaban J connectivity index is 1.64. The number of hydrogen-bond acceptors (Lipinski definition) is 4. The van der Waals surface area contributed by atoms with Gasteiger partial charge >= 0.3 is 0 Å². The number of benzene rings is 2. The number of aromatic amines is 1. The maximum atomic E-state index is 12.3. The molecule has 26 heavy (non-hydrogen) atoms. The Morgan fingerprint density at radius 3 is 2.31 bits per heavy atom. The summed E-state index contributed by atoms with van der Waals surface area (Å²) in [5, 5.41) is 0.754. The standard InChI is InChI=1S/C18H17N3O4S/c1-26(24,25)11-12-6-8-13(9-7-12)17(22)20-21-18(23)15-10-19-16-5-3-2-4-14(15)16/h2-10,19H,11H2,1H3,(H,20,22)(H,21,23). The normalized spacial score (nSPS) is 11.3. The molecule has 0 saturated heterocycles. The number of para-hydroxylation sites is 1. The van der Waals surface area contributed by atoms with Gasteiger partial charge in [-0.2, -0.15) is 0 Å². The number of carbonyl (C=O) groups is 2. The molecule has 0 aliphatic heterocycles. The van der Waals surface area contributed by atoms with Crippen LogP contribution in [0.2, 0.25) is 0 Å². The molecule has 0 spiro atoms. The van der Waals surface area contributed by atoms with Gasteiger partial charge in [-0.15, -0.1) is 0 Å². The molecule has 0 fully saturated rings. The van der Waals surface area contributed by atoms with E-state index in [9.17, 15) is 18.0 Å². The summed E-state index contributed by atoms with van der Waals surface area (Å²) < 4.78 is 22.5. The van der Waals surface area contributed by atoms with Crippen LogP contribution >= 0.6 is 0 Å². The number of aromatic nitrogens is 1. The third-order valence-corrected chi connectivity index (χ3v) is 4.63. The second-order valence-electron chi connectivity index (χ2n) is 5.92. The van der Waals surface area contributed by atoms with Crippen molar-refractivity contribution in [3.63, 3.8) is 0 Å². The molecule has 0 bridgehead atoms. The molecule has 1 heterocycles. The van der Waals surface area contributed by atoms with Crippen molar-refractivity contribution in [3.8, 4) is 0 Å². The average molecular weight is 371 g/mol. The highest BCUT2D eigenvalue weighted by molar-refractivity contribution is 7.89. The molecular weight excluding hydrogens is 354 g/mol. The fourth-order valence-corrected chi connectivity index (χ4v) is 3.37. The number of hydrogen-bond donors (Lipinski definition) is 3. The third kappa shape index (κ3) is 4.09. The van der Waals surface area contributed by atoms with Crippen LogP contribution in [0.1, 0.15) is 26.3 Å². The van der Waals surface area contributed by atoms with Gasteiger partial charge in [0.15, 0.2) is 9.84 Å². The van der Waals surface area contributed by atoms with Gasteiger partial charge in [0.1, 0.15) is 0 Å². The smallest absolute Gasteiger partial charge is 0.271 e. The SMILES string of the molecule is CS(=O)(=O)Cc1ccc(C(=O)NNC(=O)c2c[nH]c3ccccc23)cc1. The van der Waals surface area contributed by atoms with Crippen LogP contribution in [0.15, 0.2) is 54.7 Å². The zero-order valence-electron chi connectivity index (χ0n) is 13.9. The fourth-order valence-electron chi connectivity index (χ4n) is 2.57. The maximum absolute atomic E-state index is 12.3. The molecule has 0 atom stereocenters. The molecule has 0 radical (unpaired) electrons. The lowest BCUT2D eigenvalue weighted by atomic mass is 10.1. The van der Waals surface area contributed by atoms with Crippen LogP contribution in [0, 0.1) is 0 Å². The van der Waals surface area contributed by atoms with Crippen LogP contribution in [-0.4, -0.2) is 31.5 Å². The Kier molecular flexibility index (Phi) is 4.77. The van der Waals surface area contributed by atoms with Gasteiger partial charge < -0.3 is 4.98 Å². The molecule has 3 aromatic rings. The topological polar surface area (TPSA) is 108 Å². The summed E-state index contributed by atoms with van der Waals surface area (Å²) in [5.74, 6) is -1.03. The van der Waals surface area contributed by atoms with E-state index in [1.165, 1.54) is 12.1 Å². The highest BCUT2D eigenvalue weighted by Gasteiger charge is 2.13. The van der Waals surface area contributed by atoms with E-state index < -0.39 is 21.7 Å². The molecule has 1 aromatic heterocycles. The van der Waals surface area contributed by atoms with Gasteiger partial charge in [-0.05, 0) is 23.8 Å². The summed E-state index contributed by atoms with van der Waals surface area (Å²) in [6.45, 7) is 0. The first-order valence-electron chi connectivity index (χ1n) is 7.77. The maximum Gasteiger partial charge on any atom is 0.271 e. The van der Waals surface area contributed by atoms with Crippen molar-refractivity contribution in [2.24, 2.45) is 0 Å². The molecular formula is C18H17N3O4S.